The summed E-state index contributed by atoms with van der Waals surface area (Å²) in [5.41, 5.74) is 0.0145. The molecule has 0 spiro atoms. The minimum atomic E-state index is -2.35. The highest BCUT2D eigenvalue weighted by molar-refractivity contribution is 6.74. The van der Waals surface area contributed by atoms with E-state index in [2.05, 4.69) is 38.6 Å². The van der Waals surface area contributed by atoms with E-state index in [1.807, 2.05) is 0 Å². The summed E-state index contributed by atoms with van der Waals surface area (Å²) in [6.07, 6.45) is -0.484. The monoisotopic (exact) mass is 504 g/mol. The van der Waals surface area contributed by atoms with E-state index in [9.17, 15) is 26.7 Å². The van der Waals surface area contributed by atoms with Crippen molar-refractivity contribution in [3.63, 3.8) is 0 Å². The fraction of sp³-hybridized carbons (Fsp3) is 0.435. The Bertz CT molecular complexity index is 1100. The number of halogens is 5. The Morgan fingerprint density at radius 2 is 1.59 bits per heavy atom. The lowest BCUT2D eigenvalue weighted by atomic mass is 10.1. The number of benzene rings is 2. The van der Waals surface area contributed by atoms with Gasteiger partial charge in [-0.2, -0.15) is 8.78 Å². The predicted octanol–water partition coefficient (Wildman–Crippen LogP) is 6.07. The molecule has 0 N–H and O–H groups in total. The maximum atomic E-state index is 13.9. The number of ether oxygens (including phenoxy) is 3. The zero-order chi connectivity index (χ0) is 25.6. The molecule has 11 heteroatoms. The van der Waals surface area contributed by atoms with Crippen molar-refractivity contribution in [1.29, 1.82) is 0 Å². The first-order chi connectivity index (χ1) is 15.7. The first-order valence-corrected chi connectivity index (χ1v) is 13.4. The Morgan fingerprint density at radius 3 is 2.15 bits per heavy atom. The number of carbonyl (C=O) groups is 1. The highest BCUT2D eigenvalue weighted by Gasteiger charge is 2.38. The molecule has 0 fully saturated rings. The highest BCUT2D eigenvalue weighted by Crippen LogP contribution is 2.40. The van der Waals surface area contributed by atoms with Crippen LogP contribution in [0.1, 0.15) is 36.7 Å². The third-order valence-corrected chi connectivity index (χ3v) is 10.6. The maximum Gasteiger partial charge on any atom is 0.344 e. The number of carbonyl (C=O) groups excluding carboxylic acids is 1. The lowest BCUT2D eigenvalue weighted by Gasteiger charge is -2.38. The van der Waals surface area contributed by atoms with Crippen LogP contribution in [0.4, 0.5) is 22.0 Å². The summed E-state index contributed by atoms with van der Waals surface area (Å²) < 4.78 is 90.3. The van der Waals surface area contributed by atoms with Gasteiger partial charge in [-0.05, 0) is 37.2 Å². The van der Waals surface area contributed by atoms with E-state index in [1.165, 1.54) is 19.1 Å². The van der Waals surface area contributed by atoms with Crippen LogP contribution in [0.2, 0.25) is 18.1 Å². The molecule has 1 heterocycles. The Balaban J connectivity index is 1.83. The molecule has 3 rings (SSSR count). The van der Waals surface area contributed by atoms with E-state index < -0.39 is 55.2 Å². The zero-order valence-electron chi connectivity index (χ0n) is 19.6. The molecular weight excluding hydrogens is 479 g/mol. The Labute approximate surface area is 194 Å². The van der Waals surface area contributed by atoms with Gasteiger partial charge in [-0.3, -0.25) is 0 Å². The minimum Gasteiger partial charge on any atom is -0.486 e. The van der Waals surface area contributed by atoms with Crippen LogP contribution in [0.25, 0.3) is 0 Å². The molecule has 0 aromatic heterocycles. The van der Waals surface area contributed by atoms with E-state index in [1.54, 1.807) is 0 Å². The Hall–Kier alpha value is -2.66. The van der Waals surface area contributed by atoms with E-state index in [0.717, 1.165) is 0 Å². The lowest BCUT2D eigenvalue weighted by Crippen LogP contribution is -2.45. The Morgan fingerprint density at radius 1 is 1.03 bits per heavy atom. The molecule has 5 nitrogen and oxygen atoms in total. The van der Waals surface area contributed by atoms with Crippen LogP contribution in [0.3, 0.4) is 0 Å². The van der Waals surface area contributed by atoms with Crippen LogP contribution in [0, 0.1) is 36.0 Å². The van der Waals surface area contributed by atoms with Gasteiger partial charge in [0.25, 0.3) is 0 Å². The molecule has 1 aliphatic rings. The second-order valence-corrected chi connectivity index (χ2v) is 14.3. The number of rotatable bonds is 5. The molecule has 2 aromatic rings. The van der Waals surface area contributed by atoms with Gasteiger partial charge in [0.1, 0.15) is 6.61 Å². The van der Waals surface area contributed by atoms with Gasteiger partial charge in [-0.1, -0.05) is 20.8 Å². The van der Waals surface area contributed by atoms with Crippen molar-refractivity contribution in [3.05, 3.63) is 52.3 Å². The normalized spacial score (nSPS) is 15.9. The molecule has 0 saturated carbocycles. The molecule has 34 heavy (non-hydrogen) atoms. The van der Waals surface area contributed by atoms with Gasteiger partial charge in [0.2, 0.25) is 34.8 Å². The minimum absolute atomic E-state index is 0.0167. The molecular formula is C23H25F5O5Si. The molecule has 0 saturated heterocycles. The standard InChI is InChI=1S/C23H25F5O5Si/c1-11-13(22(29)33-21-18(27)16(25)15(24)17(26)19(21)28)7-8-14-20(11)32-12(9-30-14)10-31-34(5,6)23(2,3)4/h7-8,12H,9-10H2,1-6H3. The second kappa shape index (κ2) is 9.18. The lowest BCUT2D eigenvalue weighted by molar-refractivity contribution is 0.0481. The number of fused-ring (bicyclic) bond motifs is 1. The van der Waals surface area contributed by atoms with Gasteiger partial charge in [0.05, 0.1) is 12.2 Å². The van der Waals surface area contributed by atoms with Gasteiger partial charge >= 0.3 is 5.97 Å². The van der Waals surface area contributed by atoms with Crippen LogP contribution in [-0.2, 0) is 4.43 Å². The summed E-state index contributed by atoms with van der Waals surface area (Å²) in [4.78, 5) is 12.6. The smallest absolute Gasteiger partial charge is 0.344 e. The van der Waals surface area contributed by atoms with Crippen molar-refractivity contribution in [2.45, 2.75) is 51.9 Å². The molecule has 1 atom stereocenters. The zero-order valence-corrected chi connectivity index (χ0v) is 20.6. The Kier molecular flexibility index (Phi) is 7.01. The molecule has 186 valence electrons. The third kappa shape index (κ3) is 4.76. The van der Waals surface area contributed by atoms with E-state index in [-0.39, 0.29) is 35.1 Å². The molecule has 0 bridgehead atoms. The molecule has 1 aliphatic heterocycles. The highest BCUT2D eigenvalue weighted by atomic mass is 28.4. The summed E-state index contributed by atoms with van der Waals surface area (Å²) in [6, 6.07) is 2.64. The molecule has 0 aliphatic carbocycles. The van der Waals surface area contributed by atoms with Crippen molar-refractivity contribution in [3.8, 4) is 17.2 Å². The maximum absolute atomic E-state index is 13.9. The SMILES string of the molecule is Cc1c(C(=O)Oc2c(F)c(F)c(F)c(F)c2F)ccc2c1OC(CO[Si](C)(C)C(C)(C)C)CO2. The number of hydrogen-bond donors (Lipinski definition) is 0. The van der Waals surface area contributed by atoms with Crippen LogP contribution in [0.15, 0.2) is 12.1 Å². The first kappa shape index (κ1) is 26.0. The third-order valence-electron chi connectivity index (χ3n) is 6.10. The first-order valence-electron chi connectivity index (χ1n) is 10.5. The summed E-state index contributed by atoms with van der Waals surface area (Å²) in [6.45, 7) is 12.4. The van der Waals surface area contributed by atoms with Crippen molar-refractivity contribution in [1.82, 2.24) is 0 Å². The van der Waals surface area contributed by atoms with Gasteiger partial charge in [0, 0.05) is 5.56 Å². The van der Waals surface area contributed by atoms with Crippen LogP contribution in [0.5, 0.6) is 17.2 Å². The summed E-state index contributed by atoms with van der Waals surface area (Å²) in [7, 11) is -2.06. The van der Waals surface area contributed by atoms with Gasteiger partial charge in [0.15, 0.2) is 25.9 Å². The fourth-order valence-electron chi connectivity index (χ4n) is 2.95. The van der Waals surface area contributed by atoms with Gasteiger partial charge in [-0.15, -0.1) is 0 Å². The average Bonchev–Trinajstić information content (AvgIpc) is 2.77. The van der Waals surface area contributed by atoms with E-state index in [0.29, 0.717) is 5.75 Å². The number of hydrogen-bond acceptors (Lipinski definition) is 5. The molecule has 0 amide bonds. The topological polar surface area (TPSA) is 54.0 Å². The summed E-state index contributed by atoms with van der Waals surface area (Å²) in [5, 5.41) is -0.0167. The fourth-order valence-corrected chi connectivity index (χ4v) is 3.99. The van der Waals surface area contributed by atoms with Crippen molar-refractivity contribution in [2.24, 2.45) is 0 Å². The molecule has 0 radical (unpaired) electrons. The largest absolute Gasteiger partial charge is 0.486 e. The summed E-state index contributed by atoms with van der Waals surface area (Å²) >= 11 is 0. The second-order valence-electron chi connectivity index (χ2n) is 9.48. The van der Waals surface area contributed by atoms with Crippen molar-refractivity contribution >= 4 is 14.3 Å². The van der Waals surface area contributed by atoms with Crippen LogP contribution < -0.4 is 14.2 Å². The summed E-state index contributed by atoms with van der Waals surface area (Å²) in [5.74, 6) is -13.8. The average molecular weight is 505 g/mol. The van der Waals surface area contributed by atoms with Crippen LogP contribution >= 0.6 is 0 Å². The van der Waals surface area contributed by atoms with Crippen molar-refractivity contribution < 1.29 is 45.4 Å². The molecule has 2 aromatic carbocycles. The predicted molar refractivity (Wildman–Crippen MR) is 115 cm³/mol. The quantitative estimate of drug-likeness (QED) is 0.124. The van der Waals surface area contributed by atoms with Crippen LogP contribution in [-0.4, -0.2) is 33.6 Å². The van der Waals surface area contributed by atoms with Gasteiger partial charge < -0.3 is 18.6 Å². The molecule has 1 unspecified atom stereocenters. The number of esters is 1. The van der Waals surface area contributed by atoms with Crippen molar-refractivity contribution in [2.75, 3.05) is 13.2 Å². The van der Waals surface area contributed by atoms with E-state index in [4.69, 9.17) is 13.9 Å². The van der Waals surface area contributed by atoms with E-state index >= 15 is 0 Å². The van der Waals surface area contributed by atoms with Gasteiger partial charge in [-0.25, -0.2) is 18.0 Å².